The minimum Gasteiger partial charge on any atom is -0.476 e. The molecule has 0 unspecified atom stereocenters. The first-order valence-corrected chi connectivity index (χ1v) is 6.65. The van der Waals surface area contributed by atoms with Crippen LogP contribution in [0.1, 0.15) is 27.3 Å². The molecule has 6 nitrogen and oxygen atoms in total. The highest BCUT2D eigenvalue weighted by Gasteiger charge is 2.11. The van der Waals surface area contributed by atoms with Gasteiger partial charge in [0.2, 0.25) is 0 Å². The zero-order valence-corrected chi connectivity index (χ0v) is 12.2. The molecule has 3 rings (SSSR count). The summed E-state index contributed by atoms with van der Waals surface area (Å²) in [7, 11) is 2.06. The minimum atomic E-state index is -1.06. The van der Waals surface area contributed by atoms with Crippen LogP contribution in [0.5, 0.6) is 0 Å². The molecule has 0 amide bonds. The molecule has 108 valence electrons. The van der Waals surface area contributed by atoms with Crippen LogP contribution in [0.3, 0.4) is 0 Å². The van der Waals surface area contributed by atoms with Gasteiger partial charge in [-0.05, 0) is 37.1 Å². The molecule has 0 aliphatic carbocycles. The number of aromatic nitrogens is 4. The van der Waals surface area contributed by atoms with E-state index in [1.165, 1.54) is 33.0 Å². The van der Waals surface area contributed by atoms with Crippen molar-refractivity contribution in [1.82, 2.24) is 19.6 Å². The third-order valence-corrected chi connectivity index (χ3v) is 3.97. The van der Waals surface area contributed by atoms with E-state index in [0.717, 1.165) is 5.56 Å². The Balaban J connectivity index is 1.97. The first-order valence-electron chi connectivity index (χ1n) is 6.65. The summed E-state index contributed by atoms with van der Waals surface area (Å²) in [6.07, 6.45) is 1.44. The van der Waals surface area contributed by atoms with Crippen molar-refractivity contribution in [1.29, 1.82) is 0 Å². The topological polar surface area (TPSA) is 72.9 Å². The Morgan fingerprint density at radius 3 is 2.76 bits per heavy atom. The summed E-state index contributed by atoms with van der Waals surface area (Å²) in [6, 6.07) is 6.24. The molecular formula is C15H16N4O2. The molecule has 0 saturated carbocycles. The molecule has 0 bridgehead atoms. The van der Waals surface area contributed by atoms with Gasteiger partial charge in [0.25, 0.3) is 0 Å². The number of aromatic carboxylic acids is 1. The summed E-state index contributed by atoms with van der Waals surface area (Å²) >= 11 is 0. The van der Waals surface area contributed by atoms with Gasteiger partial charge in [-0.2, -0.15) is 0 Å². The number of carboxylic acid groups (broad SMARTS) is 1. The SMILES string of the molecule is Cc1c(C)n(C)c2ccc(Cn3cc(C(=O)O)nn3)cc12. The van der Waals surface area contributed by atoms with Crippen molar-refractivity contribution in [3.05, 3.63) is 46.9 Å². The zero-order valence-electron chi connectivity index (χ0n) is 12.2. The van der Waals surface area contributed by atoms with Crippen molar-refractivity contribution >= 4 is 16.9 Å². The van der Waals surface area contributed by atoms with Crippen LogP contribution in [-0.2, 0) is 13.6 Å². The van der Waals surface area contributed by atoms with Crippen molar-refractivity contribution in [3.8, 4) is 0 Å². The number of hydrogen-bond donors (Lipinski definition) is 1. The second-order valence-electron chi connectivity index (χ2n) is 5.23. The predicted molar refractivity (Wildman–Crippen MR) is 78.5 cm³/mol. The smallest absolute Gasteiger partial charge is 0.358 e. The van der Waals surface area contributed by atoms with Crippen LogP contribution in [0.25, 0.3) is 10.9 Å². The lowest BCUT2D eigenvalue weighted by atomic mass is 10.1. The average Bonchev–Trinajstić information content (AvgIpc) is 3.00. The summed E-state index contributed by atoms with van der Waals surface area (Å²) in [5.74, 6) is -1.06. The van der Waals surface area contributed by atoms with E-state index in [1.807, 2.05) is 6.07 Å². The molecule has 3 aromatic rings. The third kappa shape index (κ3) is 2.18. The van der Waals surface area contributed by atoms with E-state index < -0.39 is 5.97 Å². The molecule has 0 atom stereocenters. The number of nitrogens with zero attached hydrogens (tertiary/aromatic N) is 4. The number of carbonyl (C=O) groups is 1. The number of carboxylic acids is 1. The Kier molecular flexibility index (Phi) is 3.01. The van der Waals surface area contributed by atoms with E-state index in [9.17, 15) is 4.79 Å². The summed E-state index contributed by atoms with van der Waals surface area (Å²) in [5.41, 5.74) is 4.73. The van der Waals surface area contributed by atoms with Crippen LogP contribution in [0.2, 0.25) is 0 Å². The van der Waals surface area contributed by atoms with E-state index >= 15 is 0 Å². The Labute approximate surface area is 121 Å². The minimum absolute atomic E-state index is 0.0391. The molecule has 21 heavy (non-hydrogen) atoms. The quantitative estimate of drug-likeness (QED) is 0.799. The number of benzene rings is 1. The maximum Gasteiger partial charge on any atom is 0.358 e. The second kappa shape index (κ2) is 4.73. The molecule has 1 N–H and O–H groups in total. The van der Waals surface area contributed by atoms with Gasteiger partial charge in [0.15, 0.2) is 5.69 Å². The van der Waals surface area contributed by atoms with Gasteiger partial charge < -0.3 is 9.67 Å². The molecule has 6 heteroatoms. The maximum absolute atomic E-state index is 10.8. The highest BCUT2D eigenvalue weighted by molar-refractivity contribution is 5.86. The Hall–Kier alpha value is -2.63. The van der Waals surface area contributed by atoms with Crippen LogP contribution in [0.15, 0.2) is 24.4 Å². The van der Waals surface area contributed by atoms with Gasteiger partial charge in [-0.25, -0.2) is 9.48 Å². The molecule has 2 aromatic heterocycles. The van der Waals surface area contributed by atoms with Crippen molar-refractivity contribution in [2.75, 3.05) is 0 Å². The number of aryl methyl sites for hydroxylation is 2. The van der Waals surface area contributed by atoms with Crippen molar-refractivity contribution in [2.24, 2.45) is 7.05 Å². The molecule has 0 spiro atoms. The molecule has 0 aliphatic heterocycles. The predicted octanol–water partition coefficient (Wildman–Crippen LogP) is 2.13. The first-order chi connectivity index (χ1) is 9.97. The normalized spacial score (nSPS) is 11.2. The highest BCUT2D eigenvalue weighted by Crippen LogP contribution is 2.25. The lowest BCUT2D eigenvalue weighted by molar-refractivity contribution is 0.0690. The highest BCUT2D eigenvalue weighted by atomic mass is 16.4. The van der Waals surface area contributed by atoms with E-state index in [4.69, 9.17) is 5.11 Å². The van der Waals surface area contributed by atoms with Gasteiger partial charge in [0.1, 0.15) is 0 Å². The van der Waals surface area contributed by atoms with Crippen LogP contribution in [-0.4, -0.2) is 30.6 Å². The molecular weight excluding hydrogens is 268 g/mol. The zero-order chi connectivity index (χ0) is 15.1. The number of rotatable bonds is 3. The molecule has 0 radical (unpaired) electrons. The van der Waals surface area contributed by atoms with Crippen LogP contribution in [0.4, 0.5) is 0 Å². The summed E-state index contributed by atoms with van der Waals surface area (Å²) in [5, 5.41) is 17.5. The van der Waals surface area contributed by atoms with Gasteiger partial charge in [0.05, 0.1) is 12.7 Å². The number of hydrogen-bond acceptors (Lipinski definition) is 3. The van der Waals surface area contributed by atoms with Gasteiger partial charge in [0, 0.05) is 23.6 Å². The third-order valence-electron chi connectivity index (χ3n) is 3.97. The standard InChI is InChI=1S/C15H16N4O2/c1-9-10(2)18(3)14-5-4-11(6-12(9)14)7-19-8-13(15(20)21)16-17-19/h4-6,8H,7H2,1-3H3,(H,20,21). The lowest BCUT2D eigenvalue weighted by Gasteiger charge is -2.03. The van der Waals surface area contributed by atoms with Crippen LogP contribution < -0.4 is 0 Å². The largest absolute Gasteiger partial charge is 0.476 e. The Morgan fingerprint density at radius 2 is 2.10 bits per heavy atom. The second-order valence-corrected chi connectivity index (χ2v) is 5.23. The molecule has 2 heterocycles. The fourth-order valence-corrected chi connectivity index (χ4v) is 2.56. The van der Waals surface area contributed by atoms with Gasteiger partial charge in [-0.15, -0.1) is 5.10 Å². The Morgan fingerprint density at radius 1 is 1.33 bits per heavy atom. The average molecular weight is 284 g/mol. The van der Waals surface area contributed by atoms with Crippen LogP contribution in [0, 0.1) is 13.8 Å². The fraction of sp³-hybridized carbons (Fsp3) is 0.267. The first kappa shape index (κ1) is 13.4. The van der Waals surface area contributed by atoms with Crippen molar-refractivity contribution in [2.45, 2.75) is 20.4 Å². The van der Waals surface area contributed by atoms with E-state index in [1.54, 1.807) is 0 Å². The fourth-order valence-electron chi connectivity index (χ4n) is 2.56. The van der Waals surface area contributed by atoms with Crippen molar-refractivity contribution in [3.63, 3.8) is 0 Å². The van der Waals surface area contributed by atoms with E-state index in [0.29, 0.717) is 6.54 Å². The Bertz CT molecular complexity index is 845. The van der Waals surface area contributed by atoms with E-state index in [-0.39, 0.29) is 5.69 Å². The van der Waals surface area contributed by atoms with E-state index in [2.05, 4.69) is 47.9 Å². The molecule has 0 fully saturated rings. The molecule has 1 aromatic carbocycles. The van der Waals surface area contributed by atoms with Gasteiger partial charge >= 0.3 is 5.97 Å². The summed E-state index contributed by atoms with van der Waals surface area (Å²) in [4.78, 5) is 10.8. The maximum atomic E-state index is 10.8. The van der Waals surface area contributed by atoms with Crippen molar-refractivity contribution < 1.29 is 9.90 Å². The van der Waals surface area contributed by atoms with Gasteiger partial charge in [-0.1, -0.05) is 11.3 Å². The number of fused-ring (bicyclic) bond motifs is 1. The summed E-state index contributed by atoms with van der Waals surface area (Å²) in [6.45, 7) is 4.72. The molecule has 0 aliphatic rings. The monoisotopic (exact) mass is 284 g/mol. The summed E-state index contributed by atoms with van der Waals surface area (Å²) < 4.78 is 3.71. The molecule has 0 saturated heterocycles. The van der Waals surface area contributed by atoms with Gasteiger partial charge in [-0.3, -0.25) is 0 Å². The lowest BCUT2D eigenvalue weighted by Crippen LogP contribution is -2.00. The van der Waals surface area contributed by atoms with Crippen LogP contribution >= 0.6 is 0 Å².